The van der Waals surface area contributed by atoms with Gasteiger partial charge in [-0.1, -0.05) is 23.7 Å². The molecule has 0 saturated heterocycles. The number of nitrogens with one attached hydrogen (secondary N) is 3. The highest BCUT2D eigenvalue weighted by molar-refractivity contribution is 6.30. The van der Waals surface area contributed by atoms with Gasteiger partial charge in [-0.15, -0.1) is 0 Å². The SMILES string of the molecule is NC(=O)Oc1nc(CN2C(=O)c3ccccc3C2=O)[nH]c1NC(=O)Nc1ccc(Cl)cc1. The number of ether oxygens (including phenoxy) is 1. The minimum absolute atomic E-state index is 0.0811. The molecule has 2 heterocycles. The Kier molecular flexibility index (Phi) is 5.48. The third kappa shape index (κ3) is 4.23. The molecule has 1 aliphatic rings. The molecule has 0 unspecified atom stereocenters. The lowest BCUT2D eigenvalue weighted by atomic mass is 10.1. The van der Waals surface area contributed by atoms with E-state index in [0.29, 0.717) is 10.7 Å². The quantitative estimate of drug-likeness (QED) is 0.433. The number of aromatic amines is 1. The molecule has 2 aromatic carbocycles. The van der Waals surface area contributed by atoms with E-state index in [4.69, 9.17) is 22.1 Å². The van der Waals surface area contributed by atoms with Crippen molar-refractivity contribution in [2.45, 2.75) is 6.54 Å². The van der Waals surface area contributed by atoms with Crippen molar-refractivity contribution in [3.8, 4) is 5.88 Å². The molecule has 3 aromatic rings. The summed E-state index contributed by atoms with van der Waals surface area (Å²) in [5.74, 6) is -1.32. The largest absolute Gasteiger partial charge is 0.411 e. The number of carbonyl (C=O) groups is 4. The van der Waals surface area contributed by atoms with Gasteiger partial charge in [-0.05, 0) is 36.4 Å². The number of hydrogen-bond donors (Lipinski definition) is 4. The molecular weight excluding hydrogens is 440 g/mol. The lowest BCUT2D eigenvalue weighted by Crippen LogP contribution is -2.29. The van der Waals surface area contributed by atoms with Crippen molar-refractivity contribution in [1.82, 2.24) is 14.9 Å². The van der Waals surface area contributed by atoms with Gasteiger partial charge >= 0.3 is 12.1 Å². The highest BCUT2D eigenvalue weighted by atomic mass is 35.5. The first-order chi connectivity index (χ1) is 15.3. The predicted octanol–water partition coefficient (Wildman–Crippen LogP) is 2.96. The molecule has 32 heavy (non-hydrogen) atoms. The van der Waals surface area contributed by atoms with Gasteiger partial charge in [0.2, 0.25) is 0 Å². The summed E-state index contributed by atoms with van der Waals surface area (Å²) >= 11 is 5.82. The summed E-state index contributed by atoms with van der Waals surface area (Å²) in [5, 5.41) is 5.50. The van der Waals surface area contributed by atoms with Crippen LogP contribution in [0.25, 0.3) is 0 Å². The fourth-order valence-corrected chi connectivity index (χ4v) is 3.20. The van der Waals surface area contributed by atoms with E-state index in [9.17, 15) is 19.2 Å². The number of nitrogens with two attached hydrogens (primary N) is 1. The molecule has 0 spiro atoms. The number of H-pyrrole nitrogens is 1. The highest BCUT2D eigenvalue weighted by Gasteiger charge is 2.36. The number of rotatable bonds is 5. The maximum atomic E-state index is 12.6. The second-order valence-corrected chi connectivity index (χ2v) is 7.05. The van der Waals surface area contributed by atoms with E-state index in [-0.39, 0.29) is 35.2 Å². The molecular formula is C20H15ClN6O5. The topological polar surface area (TPSA) is 160 Å². The molecule has 12 heteroatoms. The number of aromatic nitrogens is 2. The van der Waals surface area contributed by atoms with Gasteiger partial charge < -0.3 is 20.8 Å². The molecule has 0 atom stereocenters. The van der Waals surface area contributed by atoms with Gasteiger partial charge in [-0.2, -0.15) is 4.98 Å². The summed E-state index contributed by atoms with van der Waals surface area (Å²) in [5.41, 5.74) is 6.07. The highest BCUT2D eigenvalue weighted by Crippen LogP contribution is 2.27. The Bertz CT molecular complexity index is 1200. The van der Waals surface area contributed by atoms with Crippen LogP contribution in [0.2, 0.25) is 5.02 Å². The first kappa shape index (κ1) is 20.9. The predicted molar refractivity (Wildman–Crippen MR) is 114 cm³/mol. The maximum absolute atomic E-state index is 12.6. The van der Waals surface area contributed by atoms with Crippen molar-refractivity contribution in [3.05, 3.63) is 70.5 Å². The zero-order valence-electron chi connectivity index (χ0n) is 16.2. The normalized spacial score (nSPS) is 12.5. The Morgan fingerprint density at radius 2 is 1.66 bits per heavy atom. The fourth-order valence-electron chi connectivity index (χ4n) is 3.07. The van der Waals surface area contributed by atoms with Crippen LogP contribution < -0.4 is 21.1 Å². The number of amides is 5. The minimum Gasteiger partial charge on any atom is -0.387 e. The lowest BCUT2D eigenvalue weighted by Gasteiger charge is -2.11. The summed E-state index contributed by atoms with van der Waals surface area (Å²) in [6, 6.07) is 12.1. The zero-order valence-corrected chi connectivity index (χ0v) is 17.0. The lowest BCUT2D eigenvalue weighted by molar-refractivity contribution is 0.0638. The van der Waals surface area contributed by atoms with Gasteiger partial charge in [0, 0.05) is 10.7 Å². The third-order valence-corrected chi connectivity index (χ3v) is 4.70. The van der Waals surface area contributed by atoms with Crippen molar-refractivity contribution in [3.63, 3.8) is 0 Å². The molecule has 0 radical (unpaired) electrons. The standard InChI is InChI=1S/C20H15ClN6O5/c21-10-5-7-11(8-6-10)23-20(31)26-15-16(32-19(22)30)25-14(24-15)9-27-17(28)12-3-1-2-4-13(12)18(27)29/h1-8H,9H2,(H2,22,30)(H,24,25)(H2,23,26,31). The number of fused-ring (bicyclic) bond motifs is 1. The van der Waals surface area contributed by atoms with Crippen LogP contribution in [0.1, 0.15) is 26.5 Å². The number of urea groups is 1. The molecule has 0 aliphatic carbocycles. The van der Waals surface area contributed by atoms with Crippen LogP contribution >= 0.6 is 11.6 Å². The van der Waals surface area contributed by atoms with E-state index in [2.05, 4.69) is 20.6 Å². The molecule has 4 rings (SSSR count). The van der Waals surface area contributed by atoms with Crippen LogP contribution in [0, 0.1) is 0 Å². The van der Waals surface area contributed by atoms with Crippen LogP contribution in [0.3, 0.4) is 0 Å². The van der Waals surface area contributed by atoms with Gasteiger partial charge in [0.15, 0.2) is 5.82 Å². The Morgan fingerprint density at radius 1 is 1.03 bits per heavy atom. The van der Waals surface area contributed by atoms with Gasteiger partial charge in [-0.3, -0.25) is 19.8 Å². The summed E-state index contributed by atoms with van der Waals surface area (Å²) in [7, 11) is 0. The van der Waals surface area contributed by atoms with Gasteiger partial charge in [0.05, 0.1) is 17.7 Å². The van der Waals surface area contributed by atoms with E-state index in [1.54, 1.807) is 48.5 Å². The number of halogens is 1. The number of nitrogens with zero attached hydrogens (tertiary/aromatic N) is 2. The molecule has 5 amide bonds. The van der Waals surface area contributed by atoms with Crippen LogP contribution in [-0.4, -0.2) is 38.8 Å². The second-order valence-electron chi connectivity index (χ2n) is 6.61. The number of hydrogen-bond acceptors (Lipinski definition) is 6. The summed E-state index contributed by atoms with van der Waals surface area (Å²) < 4.78 is 4.82. The number of primary amides is 1. The average molecular weight is 455 g/mol. The molecule has 0 bridgehead atoms. The Labute approximate surface area is 185 Å². The molecule has 0 fully saturated rings. The first-order valence-corrected chi connectivity index (χ1v) is 9.54. The van der Waals surface area contributed by atoms with Crippen LogP contribution in [0.5, 0.6) is 5.88 Å². The molecule has 5 N–H and O–H groups in total. The van der Waals surface area contributed by atoms with Gasteiger partial charge in [-0.25, -0.2) is 9.59 Å². The van der Waals surface area contributed by atoms with Crippen LogP contribution in [-0.2, 0) is 6.54 Å². The van der Waals surface area contributed by atoms with Crippen molar-refractivity contribution in [2.24, 2.45) is 5.73 Å². The smallest absolute Gasteiger partial charge is 0.387 e. The van der Waals surface area contributed by atoms with E-state index in [0.717, 1.165) is 4.90 Å². The molecule has 162 valence electrons. The second kappa shape index (κ2) is 8.40. The van der Waals surface area contributed by atoms with Crippen molar-refractivity contribution in [2.75, 3.05) is 10.6 Å². The third-order valence-electron chi connectivity index (χ3n) is 4.44. The molecule has 11 nitrogen and oxygen atoms in total. The summed E-state index contributed by atoms with van der Waals surface area (Å²) in [4.78, 5) is 56.4. The average Bonchev–Trinajstić information content (AvgIpc) is 3.23. The van der Waals surface area contributed by atoms with Gasteiger partial charge in [0.1, 0.15) is 5.82 Å². The number of anilines is 2. The maximum Gasteiger partial charge on any atom is 0.411 e. The molecule has 0 saturated carbocycles. The van der Waals surface area contributed by atoms with E-state index < -0.39 is 23.9 Å². The van der Waals surface area contributed by atoms with Crippen LogP contribution in [0.4, 0.5) is 21.1 Å². The van der Waals surface area contributed by atoms with E-state index >= 15 is 0 Å². The molecule has 1 aliphatic heterocycles. The van der Waals surface area contributed by atoms with E-state index in [1.807, 2.05) is 0 Å². The Balaban J connectivity index is 1.52. The fraction of sp³-hybridized carbons (Fsp3) is 0.0500. The van der Waals surface area contributed by atoms with Crippen molar-refractivity contribution in [1.29, 1.82) is 0 Å². The summed E-state index contributed by atoms with van der Waals surface area (Å²) in [6.07, 6.45) is -1.16. The van der Waals surface area contributed by atoms with Crippen molar-refractivity contribution >= 4 is 47.0 Å². The van der Waals surface area contributed by atoms with Crippen molar-refractivity contribution < 1.29 is 23.9 Å². The molecule has 1 aromatic heterocycles. The monoisotopic (exact) mass is 454 g/mol. The van der Waals surface area contributed by atoms with Crippen LogP contribution in [0.15, 0.2) is 48.5 Å². The Hall–Kier alpha value is -4.38. The zero-order chi connectivity index (χ0) is 22.8. The number of benzene rings is 2. The summed E-state index contributed by atoms with van der Waals surface area (Å²) in [6.45, 7) is -0.248. The van der Waals surface area contributed by atoms with E-state index in [1.165, 1.54) is 0 Å². The number of imide groups is 1. The number of carbonyl (C=O) groups excluding carboxylic acids is 4. The minimum atomic E-state index is -1.16. The first-order valence-electron chi connectivity index (χ1n) is 9.17. The Morgan fingerprint density at radius 3 is 2.25 bits per heavy atom. The van der Waals surface area contributed by atoms with Gasteiger partial charge in [0.25, 0.3) is 17.7 Å². The number of imidazole rings is 1.